The fourth-order valence-corrected chi connectivity index (χ4v) is 4.19. The maximum atomic E-state index is 12.8. The number of carbonyl (C=O) groups excluding carboxylic acids is 3. The molecule has 2 atom stereocenters. The number of rotatable bonds is 4. The molecule has 1 aromatic rings. The standard InChI is InChI=1S/C17H23N3O4S/c1-11-4-5-14(25-11)17(23)20-10-13-16(22)18(8-9-24-3)6-7-19(13)15(21)12(20)2/h4-5,12-13H,6-10H2,1-3H3/t12-,13-/m0/s1. The van der Waals surface area contributed by atoms with Crippen LogP contribution in [0.5, 0.6) is 0 Å². The molecule has 0 radical (unpaired) electrons. The van der Waals surface area contributed by atoms with E-state index in [2.05, 4.69) is 0 Å². The van der Waals surface area contributed by atoms with E-state index in [1.807, 2.05) is 13.0 Å². The van der Waals surface area contributed by atoms with Crippen molar-refractivity contribution >= 4 is 29.1 Å². The van der Waals surface area contributed by atoms with Crippen LogP contribution in [0, 0.1) is 6.92 Å². The number of carbonyl (C=O) groups is 3. The van der Waals surface area contributed by atoms with E-state index in [4.69, 9.17) is 4.74 Å². The van der Waals surface area contributed by atoms with Gasteiger partial charge < -0.3 is 19.4 Å². The quantitative estimate of drug-likeness (QED) is 0.783. The summed E-state index contributed by atoms with van der Waals surface area (Å²) in [4.78, 5) is 44.8. The summed E-state index contributed by atoms with van der Waals surface area (Å²) in [6.45, 7) is 5.88. The Morgan fingerprint density at radius 3 is 2.68 bits per heavy atom. The second-order valence-electron chi connectivity index (χ2n) is 6.41. The molecular weight excluding hydrogens is 342 g/mol. The van der Waals surface area contributed by atoms with Gasteiger partial charge in [-0.1, -0.05) is 0 Å². The Balaban J connectivity index is 1.80. The van der Waals surface area contributed by atoms with Crippen molar-refractivity contribution in [1.82, 2.24) is 14.7 Å². The first kappa shape index (κ1) is 17.9. The van der Waals surface area contributed by atoms with Crippen LogP contribution in [0.15, 0.2) is 12.1 Å². The number of methoxy groups -OCH3 is 1. The van der Waals surface area contributed by atoms with Crippen molar-refractivity contribution in [2.24, 2.45) is 0 Å². The molecular formula is C17H23N3O4S. The first-order chi connectivity index (χ1) is 11.9. The normalized spacial score (nSPS) is 23.9. The molecule has 0 saturated carbocycles. The first-order valence-electron chi connectivity index (χ1n) is 8.39. The fraction of sp³-hybridized carbons (Fsp3) is 0.588. The van der Waals surface area contributed by atoms with Gasteiger partial charge in [0.25, 0.3) is 5.91 Å². The van der Waals surface area contributed by atoms with Gasteiger partial charge in [-0.2, -0.15) is 0 Å². The zero-order valence-corrected chi connectivity index (χ0v) is 15.5. The Kier molecular flexibility index (Phi) is 5.10. The molecule has 2 saturated heterocycles. The topological polar surface area (TPSA) is 70.2 Å². The fourth-order valence-electron chi connectivity index (χ4n) is 3.37. The van der Waals surface area contributed by atoms with Gasteiger partial charge in [-0.15, -0.1) is 11.3 Å². The lowest BCUT2D eigenvalue weighted by Crippen LogP contribution is -2.69. The van der Waals surface area contributed by atoms with Gasteiger partial charge in [0.15, 0.2) is 0 Å². The maximum Gasteiger partial charge on any atom is 0.264 e. The molecule has 0 N–H and O–H groups in total. The summed E-state index contributed by atoms with van der Waals surface area (Å²) in [5, 5.41) is 0. The number of amides is 3. The Morgan fingerprint density at radius 2 is 2.04 bits per heavy atom. The molecule has 136 valence electrons. The monoisotopic (exact) mass is 365 g/mol. The lowest BCUT2D eigenvalue weighted by Gasteiger charge is -2.48. The molecule has 0 aliphatic carbocycles. The average Bonchev–Trinajstić information content (AvgIpc) is 3.03. The van der Waals surface area contributed by atoms with E-state index in [1.165, 1.54) is 16.2 Å². The van der Waals surface area contributed by atoms with Crippen LogP contribution in [0.1, 0.15) is 21.5 Å². The van der Waals surface area contributed by atoms with Crippen LogP contribution in [-0.4, -0.2) is 84.4 Å². The smallest absolute Gasteiger partial charge is 0.264 e. The van der Waals surface area contributed by atoms with E-state index in [1.54, 1.807) is 29.9 Å². The van der Waals surface area contributed by atoms with Crippen molar-refractivity contribution in [1.29, 1.82) is 0 Å². The van der Waals surface area contributed by atoms with Crippen LogP contribution >= 0.6 is 11.3 Å². The average molecular weight is 365 g/mol. The van der Waals surface area contributed by atoms with Gasteiger partial charge in [-0.25, -0.2) is 0 Å². The van der Waals surface area contributed by atoms with E-state index in [0.29, 0.717) is 31.1 Å². The van der Waals surface area contributed by atoms with Crippen LogP contribution in [0.2, 0.25) is 0 Å². The molecule has 0 unspecified atom stereocenters. The van der Waals surface area contributed by atoms with Crippen molar-refractivity contribution in [3.63, 3.8) is 0 Å². The molecule has 2 fully saturated rings. The summed E-state index contributed by atoms with van der Waals surface area (Å²) in [5.41, 5.74) is 0. The van der Waals surface area contributed by atoms with Crippen molar-refractivity contribution < 1.29 is 19.1 Å². The second-order valence-corrected chi connectivity index (χ2v) is 7.70. The minimum absolute atomic E-state index is 0.108. The van der Waals surface area contributed by atoms with Gasteiger partial charge in [0, 0.05) is 31.6 Å². The Morgan fingerprint density at radius 1 is 1.28 bits per heavy atom. The summed E-state index contributed by atoms with van der Waals surface area (Å²) in [5.74, 6) is -0.443. The summed E-state index contributed by atoms with van der Waals surface area (Å²) in [6.07, 6.45) is 0. The van der Waals surface area contributed by atoms with E-state index in [0.717, 1.165) is 4.88 Å². The van der Waals surface area contributed by atoms with E-state index < -0.39 is 12.1 Å². The predicted octanol–water partition coefficient (Wildman–Crippen LogP) is 0.587. The van der Waals surface area contributed by atoms with E-state index in [9.17, 15) is 14.4 Å². The SMILES string of the molecule is COCCN1CCN2C(=O)[C@H](C)N(C(=O)c3ccc(C)s3)C[C@H]2C1=O. The Labute approximate surface area is 151 Å². The molecule has 3 heterocycles. The molecule has 3 rings (SSSR count). The van der Waals surface area contributed by atoms with Gasteiger partial charge in [0.2, 0.25) is 11.8 Å². The van der Waals surface area contributed by atoms with E-state index >= 15 is 0 Å². The highest BCUT2D eigenvalue weighted by molar-refractivity contribution is 7.13. The number of piperazine rings is 2. The summed E-state index contributed by atoms with van der Waals surface area (Å²) < 4.78 is 5.05. The van der Waals surface area contributed by atoms with Gasteiger partial charge in [-0.3, -0.25) is 14.4 Å². The molecule has 0 spiro atoms. The third kappa shape index (κ3) is 3.28. The third-order valence-electron chi connectivity index (χ3n) is 4.84. The van der Waals surface area contributed by atoms with Crippen LogP contribution in [0.25, 0.3) is 0 Å². The minimum Gasteiger partial charge on any atom is -0.383 e. The molecule has 2 aliphatic rings. The Bertz CT molecular complexity index is 689. The zero-order valence-electron chi connectivity index (χ0n) is 14.7. The maximum absolute atomic E-state index is 12.8. The molecule has 25 heavy (non-hydrogen) atoms. The number of fused-ring (bicyclic) bond motifs is 1. The summed E-state index contributed by atoms with van der Waals surface area (Å²) in [7, 11) is 1.59. The van der Waals surface area contributed by atoms with Crippen LogP contribution in [-0.2, 0) is 14.3 Å². The summed E-state index contributed by atoms with van der Waals surface area (Å²) in [6, 6.07) is 2.52. The number of aryl methyl sites for hydroxylation is 1. The predicted molar refractivity (Wildman–Crippen MR) is 93.5 cm³/mol. The van der Waals surface area contributed by atoms with Crippen molar-refractivity contribution in [2.75, 3.05) is 39.9 Å². The number of hydrogen-bond acceptors (Lipinski definition) is 5. The first-order valence-corrected chi connectivity index (χ1v) is 9.21. The molecule has 8 heteroatoms. The van der Waals surface area contributed by atoms with Crippen LogP contribution in [0.3, 0.4) is 0 Å². The third-order valence-corrected chi connectivity index (χ3v) is 5.83. The van der Waals surface area contributed by atoms with Gasteiger partial charge in [-0.05, 0) is 26.0 Å². The molecule has 3 amide bonds. The van der Waals surface area contributed by atoms with E-state index in [-0.39, 0.29) is 24.3 Å². The molecule has 0 aromatic carbocycles. The second kappa shape index (κ2) is 7.13. The molecule has 2 aliphatic heterocycles. The molecule has 0 bridgehead atoms. The zero-order chi connectivity index (χ0) is 18.1. The van der Waals surface area contributed by atoms with Crippen LogP contribution in [0.4, 0.5) is 0 Å². The Hall–Kier alpha value is -1.93. The summed E-state index contributed by atoms with van der Waals surface area (Å²) >= 11 is 1.41. The van der Waals surface area contributed by atoms with Crippen LogP contribution < -0.4 is 0 Å². The minimum atomic E-state index is -0.598. The van der Waals surface area contributed by atoms with Crippen molar-refractivity contribution in [2.45, 2.75) is 25.9 Å². The largest absolute Gasteiger partial charge is 0.383 e. The lowest BCUT2D eigenvalue weighted by molar-refractivity contribution is -0.160. The molecule has 1 aromatic heterocycles. The molecule has 7 nitrogen and oxygen atoms in total. The van der Waals surface area contributed by atoms with Gasteiger partial charge >= 0.3 is 0 Å². The highest BCUT2D eigenvalue weighted by Crippen LogP contribution is 2.25. The van der Waals surface area contributed by atoms with Crippen molar-refractivity contribution in [3.05, 3.63) is 21.9 Å². The number of thiophene rings is 1. The highest BCUT2D eigenvalue weighted by Gasteiger charge is 2.46. The number of ether oxygens (including phenoxy) is 1. The number of hydrogen-bond donors (Lipinski definition) is 0. The van der Waals surface area contributed by atoms with Gasteiger partial charge in [0.05, 0.1) is 18.0 Å². The highest BCUT2D eigenvalue weighted by atomic mass is 32.1. The lowest BCUT2D eigenvalue weighted by atomic mass is 10.0. The van der Waals surface area contributed by atoms with Gasteiger partial charge in [0.1, 0.15) is 12.1 Å². The number of nitrogens with zero attached hydrogens (tertiary/aromatic N) is 3. The van der Waals surface area contributed by atoms with Crippen molar-refractivity contribution in [3.8, 4) is 0 Å².